The Morgan fingerprint density at radius 2 is 2.00 bits per heavy atom. The van der Waals surface area contributed by atoms with Gasteiger partial charge < -0.3 is 0 Å². The van der Waals surface area contributed by atoms with Gasteiger partial charge in [-0.05, 0) is 0 Å². The monoisotopic (exact) mass is 144 g/mol. The molecule has 0 aliphatic carbocycles. The average molecular weight is 144 g/mol. The van der Waals surface area contributed by atoms with Gasteiger partial charge in [0.05, 0.1) is 0 Å². The molecule has 0 aromatic carbocycles. The van der Waals surface area contributed by atoms with E-state index in [1.54, 1.807) is 0 Å². The van der Waals surface area contributed by atoms with Crippen molar-refractivity contribution < 1.29 is 13.3 Å². The van der Waals surface area contributed by atoms with E-state index in [1.165, 1.54) is 0 Å². The Kier molecular flexibility index (Phi) is 2.07. The molecule has 0 saturated heterocycles. The van der Waals surface area contributed by atoms with E-state index in [-0.39, 0.29) is 0 Å². The molecule has 0 N–H and O–H groups in total. The van der Waals surface area contributed by atoms with E-state index in [9.17, 15) is 13.3 Å². The third-order valence-corrected chi connectivity index (χ3v) is 0.559. The van der Waals surface area contributed by atoms with E-state index in [0.717, 1.165) is 0 Å². The maximum absolute atomic E-state index is 11.3. The summed E-state index contributed by atoms with van der Waals surface area (Å²) >= 11 is 4.06. The summed E-state index contributed by atoms with van der Waals surface area (Å²) in [6, 6.07) is -3.89. The molecule has 2 nitrogen and oxygen atoms in total. The second-order valence-electron chi connectivity index (χ2n) is 0.886. The van der Waals surface area contributed by atoms with Gasteiger partial charge in [-0.1, -0.05) is 0 Å². The summed E-state index contributed by atoms with van der Waals surface area (Å²) in [6.07, 6.45) is 0. The number of alkyl halides is 2. The van der Waals surface area contributed by atoms with Crippen LogP contribution in [0.3, 0.4) is 0 Å². The maximum atomic E-state index is 11.3. The fourth-order valence-electron chi connectivity index (χ4n) is 0.0378. The lowest BCUT2D eigenvalue weighted by atomic mass is 10.7. The molecule has 0 heterocycles. The van der Waals surface area contributed by atoms with Crippen LogP contribution in [-0.4, -0.2) is 10.7 Å². The van der Waals surface area contributed by atoms with Crippen molar-refractivity contribution in [3.8, 4) is 6.07 Å². The fourth-order valence-corrected chi connectivity index (χ4v) is 0.0756. The summed E-state index contributed by atoms with van der Waals surface area (Å²) in [7, 11) is 0. The molecule has 0 saturated carbocycles. The van der Waals surface area contributed by atoms with Crippen LogP contribution in [0.15, 0.2) is 0 Å². The van der Waals surface area contributed by atoms with E-state index >= 15 is 0 Å². The van der Waals surface area contributed by atoms with E-state index in [1.807, 2.05) is 0 Å². The molecule has 0 rings (SSSR count). The van der Waals surface area contributed by atoms with Gasteiger partial charge in [-0.15, -0.1) is 4.48 Å². The third-order valence-electron chi connectivity index (χ3n) is 0.347. The number of halogens is 4. The van der Waals surface area contributed by atoms with Gasteiger partial charge in [-0.3, -0.25) is 0 Å². The highest BCUT2D eigenvalue weighted by Gasteiger charge is 2.37. The Labute approximate surface area is 48.1 Å². The van der Waals surface area contributed by atoms with E-state index in [4.69, 9.17) is 5.26 Å². The Morgan fingerprint density at radius 3 is 2.00 bits per heavy atom. The molecule has 0 radical (unpaired) electrons. The largest absolute Gasteiger partial charge is 0.432 e. The van der Waals surface area contributed by atoms with Crippen LogP contribution >= 0.6 is 11.8 Å². The smallest absolute Gasteiger partial charge is 0.190 e. The lowest BCUT2D eigenvalue weighted by molar-refractivity contribution is -0.134. The molecule has 8 heavy (non-hydrogen) atoms. The van der Waals surface area contributed by atoms with Crippen LogP contribution in [0.25, 0.3) is 0 Å². The van der Waals surface area contributed by atoms with Crippen molar-refractivity contribution in [2.24, 2.45) is 0 Å². The first-order chi connectivity index (χ1) is 3.50. The molecular formula is C2ClF3N2. The van der Waals surface area contributed by atoms with Crippen molar-refractivity contribution in [3.05, 3.63) is 0 Å². The molecule has 0 aliphatic heterocycles. The molecule has 0 amide bonds. The molecule has 0 atom stereocenters. The van der Waals surface area contributed by atoms with Crippen LogP contribution in [0, 0.1) is 11.3 Å². The summed E-state index contributed by atoms with van der Waals surface area (Å²) in [4.78, 5) is 0. The topological polar surface area (TPSA) is 27.0 Å². The molecule has 0 aliphatic rings. The van der Waals surface area contributed by atoms with Crippen molar-refractivity contribution in [2.45, 2.75) is 6.05 Å². The van der Waals surface area contributed by atoms with Crippen LogP contribution < -0.4 is 0 Å². The summed E-state index contributed by atoms with van der Waals surface area (Å²) in [5.74, 6) is 0. The normalized spacial score (nSPS) is 11.5. The first kappa shape index (κ1) is 7.53. The van der Waals surface area contributed by atoms with Crippen molar-refractivity contribution in [2.75, 3.05) is 0 Å². The van der Waals surface area contributed by atoms with E-state index in [0.29, 0.717) is 6.07 Å². The van der Waals surface area contributed by atoms with Gasteiger partial charge in [0.15, 0.2) is 6.07 Å². The van der Waals surface area contributed by atoms with Crippen LogP contribution in [0.4, 0.5) is 13.3 Å². The second kappa shape index (κ2) is 2.20. The third kappa shape index (κ3) is 1.56. The predicted octanol–water partition coefficient (Wildman–Crippen LogP) is 1.44. The first-order valence-corrected chi connectivity index (χ1v) is 1.75. The molecule has 0 unspecified atom stereocenters. The maximum Gasteiger partial charge on any atom is 0.432 e. The zero-order chi connectivity index (χ0) is 6.78. The molecule has 46 valence electrons. The van der Waals surface area contributed by atoms with Crippen molar-refractivity contribution in [3.63, 3.8) is 0 Å². The zero-order valence-electron chi connectivity index (χ0n) is 3.41. The Hall–Kier alpha value is -0.470. The van der Waals surface area contributed by atoms with Crippen molar-refractivity contribution in [1.82, 2.24) is 4.64 Å². The van der Waals surface area contributed by atoms with Crippen LogP contribution in [0.5, 0.6) is 0 Å². The molecule has 0 spiro atoms. The highest BCUT2D eigenvalue weighted by molar-refractivity contribution is 6.12. The summed E-state index contributed by atoms with van der Waals surface area (Å²) in [5, 5.41) is 7.40. The summed E-state index contributed by atoms with van der Waals surface area (Å²) < 4.78 is 32.3. The lowest BCUT2D eigenvalue weighted by Crippen LogP contribution is -2.25. The minimum atomic E-state index is -4.22. The van der Waals surface area contributed by atoms with E-state index < -0.39 is 10.7 Å². The standard InChI is InChI=1S/C2ClF3N2/c3-8(6)2(4,5)1-7. The lowest BCUT2D eigenvalue weighted by Gasteiger charge is -2.05. The summed E-state index contributed by atoms with van der Waals surface area (Å²) in [6.45, 7) is 0. The molecule has 0 fully saturated rings. The number of nitrogens with zero attached hydrogens (tertiary/aromatic N) is 2. The van der Waals surface area contributed by atoms with Gasteiger partial charge in [-0.2, -0.15) is 14.0 Å². The first-order valence-electron chi connectivity index (χ1n) is 1.41. The number of hydrogen-bond acceptors (Lipinski definition) is 2. The van der Waals surface area contributed by atoms with E-state index in [2.05, 4.69) is 11.8 Å². The van der Waals surface area contributed by atoms with Gasteiger partial charge in [0, 0.05) is 16.4 Å². The van der Waals surface area contributed by atoms with Gasteiger partial charge in [0.2, 0.25) is 0 Å². The molecule has 0 aromatic rings. The minimum absolute atomic E-state index is 0.326. The van der Waals surface area contributed by atoms with Crippen LogP contribution in [-0.2, 0) is 0 Å². The second-order valence-corrected chi connectivity index (χ2v) is 1.18. The van der Waals surface area contributed by atoms with Gasteiger partial charge in [0.25, 0.3) is 0 Å². The van der Waals surface area contributed by atoms with Gasteiger partial charge in [0.1, 0.15) is 0 Å². The summed E-state index contributed by atoms with van der Waals surface area (Å²) in [5.41, 5.74) is 0. The SMILES string of the molecule is N#CC(F)(F)N(F)Cl. The molecule has 0 aromatic heterocycles. The zero-order valence-corrected chi connectivity index (χ0v) is 4.16. The predicted molar refractivity (Wildman–Crippen MR) is 19.4 cm³/mol. The Bertz CT molecular complexity index is 117. The van der Waals surface area contributed by atoms with Crippen molar-refractivity contribution >= 4 is 11.8 Å². The van der Waals surface area contributed by atoms with Gasteiger partial charge >= 0.3 is 6.05 Å². The number of nitriles is 1. The molecule has 0 bridgehead atoms. The highest BCUT2D eigenvalue weighted by atomic mass is 35.5. The number of hydrogen-bond donors (Lipinski definition) is 0. The van der Waals surface area contributed by atoms with Crippen LogP contribution in [0.1, 0.15) is 0 Å². The fraction of sp³-hybridized carbons (Fsp3) is 0.500. The average Bonchev–Trinajstić information content (AvgIpc) is 1.67. The molecular weight excluding hydrogens is 144 g/mol. The quantitative estimate of drug-likeness (QED) is 0.411. The molecule has 6 heteroatoms. The highest BCUT2D eigenvalue weighted by Crippen LogP contribution is 2.20. The Morgan fingerprint density at radius 1 is 1.62 bits per heavy atom. The Balaban J connectivity index is 3.97. The number of rotatable bonds is 1. The van der Waals surface area contributed by atoms with Gasteiger partial charge in [-0.25, -0.2) is 0 Å². The van der Waals surface area contributed by atoms with Crippen LogP contribution in [0.2, 0.25) is 0 Å². The van der Waals surface area contributed by atoms with Crippen molar-refractivity contribution in [1.29, 1.82) is 5.26 Å². The minimum Gasteiger partial charge on any atom is -0.190 e.